The number of aromatic nitrogens is 2. The Morgan fingerprint density at radius 3 is 2.67 bits per heavy atom. The Balaban J connectivity index is 1.95. The maximum absolute atomic E-state index is 13.0. The summed E-state index contributed by atoms with van der Waals surface area (Å²) in [6.07, 6.45) is 6.91. The minimum absolute atomic E-state index is 0.00791. The molecule has 24 heavy (non-hydrogen) atoms. The molecule has 4 rings (SSSR count). The lowest BCUT2D eigenvalue weighted by Gasteiger charge is -2.41. The second-order valence-electron chi connectivity index (χ2n) is 7.80. The molecule has 0 amide bonds. The number of nitrogens with zero attached hydrogens (tertiary/aromatic N) is 1. The molecule has 1 aromatic heterocycles. The summed E-state index contributed by atoms with van der Waals surface area (Å²) in [5.41, 5.74) is 4.49. The fourth-order valence-electron chi connectivity index (χ4n) is 4.64. The van der Waals surface area contributed by atoms with E-state index >= 15 is 0 Å². The SMILES string of the molecule is C[NH+](C)Cc1nc2c(c(=O)[nH]1)C1(CCCCC1)Cc1ccccc1-2. The van der Waals surface area contributed by atoms with Crippen LogP contribution in [0.1, 0.15) is 49.1 Å². The van der Waals surface area contributed by atoms with Crippen LogP contribution in [-0.2, 0) is 18.4 Å². The lowest BCUT2D eigenvalue weighted by Crippen LogP contribution is -3.04. The van der Waals surface area contributed by atoms with Crippen molar-refractivity contribution in [3.63, 3.8) is 0 Å². The van der Waals surface area contributed by atoms with Gasteiger partial charge in [0.15, 0.2) is 5.82 Å². The number of rotatable bonds is 2. The van der Waals surface area contributed by atoms with E-state index in [1.54, 1.807) is 0 Å². The molecule has 1 fully saturated rings. The molecule has 2 aliphatic carbocycles. The zero-order valence-electron chi connectivity index (χ0n) is 14.6. The lowest BCUT2D eigenvalue weighted by atomic mass is 9.62. The summed E-state index contributed by atoms with van der Waals surface area (Å²) in [7, 11) is 4.16. The average molecular weight is 324 g/mol. The van der Waals surface area contributed by atoms with Crippen LogP contribution in [-0.4, -0.2) is 24.1 Å². The van der Waals surface area contributed by atoms with E-state index in [2.05, 4.69) is 43.3 Å². The minimum atomic E-state index is -0.00791. The fraction of sp³-hybridized carbons (Fsp3) is 0.500. The van der Waals surface area contributed by atoms with Crippen molar-refractivity contribution < 1.29 is 4.90 Å². The molecule has 2 N–H and O–H groups in total. The molecule has 2 aliphatic rings. The van der Waals surface area contributed by atoms with E-state index < -0.39 is 0 Å². The molecule has 1 heterocycles. The third kappa shape index (κ3) is 2.49. The van der Waals surface area contributed by atoms with E-state index in [0.717, 1.165) is 48.5 Å². The van der Waals surface area contributed by atoms with E-state index in [1.807, 2.05) is 0 Å². The summed E-state index contributed by atoms with van der Waals surface area (Å²) in [5.74, 6) is 0.793. The van der Waals surface area contributed by atoms with Gasteiger partial charge in [-0.3, -0.25) is 4.79 Å². The van der Waals surface area contributed by atoms with E-state index in [-0.39, 0.29) is 11.0 Å². The quantitative estimate of drug-likeness (QED) is 0.886. The molecule has 0 aliphatic heterocycles. The first kappa shape index (κ1) is 15.6. The van der Waals surface area contributed by atoms with Crippen molar-refractivity contribution in [1.29, 1.82) is 0 Å². The van der Waals surface area contributed by atoms with Crippen LogP contribution in [0, 0.1) is 0 Å². The Morgan fingerprint density at radius 2 is 1.92 bits per heavy atom. The largest absolute Gasteiger partial charge is 0.334 e. The van der Waals surface area contributed by atoms with Crippen LogP contribution in [0.3, 0.4) is 0 Å². The molecule has 0 unspecified atom stereocenters. The predicted octanol–water partition coefficient (Wildman–Crippen LogP) is 1.84. The molecule has 0 saturated heterocycles. The highest BCUT2D eigenvalue weighted by Gasteiger charge is 2.42. The highest BCUT2D eigenvalue weighted by atomic mass is 16.1. The van der Waals surface area contributed by atoms with Gasteiger partial charge in [-0.2, -0.15) is 0 Å². The Labute approximate surface area is 142 Å². The van der Waals surface area contributed by atoms with Gasteiger partial charge in [-0.05, 0) is 24.8 Å². The maximum atomic E-state index is 13.0. The van der Waals surface area contributed by atoms with Gasteiger partial charge in [0.2, 0.25) is 0 Å². The van der Waals surface area contributed by atoms with Crippen molar-refractivity contribution in [3.05, 3.63) is 51.6 Å². The molecule has 1 spiro atoms. The molecular weight excluding hydrogens is 298 g/mol. The predicted molar refractivity (Wildman–Crippen MR) is 95.3 cm³/mol. The van der Waals surface area contributed by atoms with Gasteiger partial charge in [-0.15, -0.1) is 0 Å². The zero-order chi connectivity index (χ0) is 16.7. The maximum Gasteiger partial charge on any atom is 0.255 e. The van der Waals surface area contributed by atoms with Crippen molar-refractivity contribution in [1.82, 2.24) is 9.97 Å². The first-order valence-corrected chi connectivity index (χ1v) is 9.10. The van der Waals surface area contributed by atoms with E-state index in [9.17, 15) is 4.79 Å². The van der Waals surface area contributed by atoms with Crippen molar-refractivity contribution in [2.75, 3.05) is 14.1 Å². The number of benzene rings is 1. The number of hydrogen-bond acceptors (Lipinski definition) is 2. The Morgan fingerprint density at radius 1 is 1.17 bits per heavy atom. The van der Waals surface area contributed by atoms with E-state index in [0.29, 0.717) is 0 Å². The van der Waals surface area contributed by atoms with E-state index in [1.165, 1.54) is 29.7 Å². The third-order valence-electron chi connectivity index (χ3n) is 5.63. The van der Waals surface area contributed by atoms with Crippen molar-refractivity contribution in [2.45, 2.75) is 50.5 Å². The molecule has 0 bridgehead atoms. The smallest absolute Gasteiger partial charge is 0.255 e. The Bertz CT molecular complexity index is 816. The van der Waals surface area contributed by atoms with Crippen LogP contribution in [0.2, 0.25) is 0 Å². The van der Waals surface area contributed by atoms with Crippen molar-refractivity contribution in [3.8, 4) is 11.3 Å². The van der Waals surface area contributed by atoms with Crippen LogP contribution in [0.5, 0.6) is 0 Å². The van der Waals surface area contributed by atoms with Crippen LogP contribution in [0.4, 0.5) is 0 Å². The average Bonchev–Trinajstić information content (AvgIpc) is 2.54. The monoisotopic (exact) mass is 324 g/mol. The van der Waals surface area contributed by atoms with Crippen molar-refractivity contribution >= 4 is 0 Å². The molecule has 0 atom stereocenters. The highest BCUT2D eigenvalue weighted by Crippen LogP contribution is 2.48. The first-order chi connectivity index (χ1) is 11.6. The molecule has 1 saturated carbocycles. The summed E-state index contributed by atoms with van der Waals surface area (Å²) >= 11 is 0. The molecule has 2 aromatic rings. The highest BCUT2D eigenvalue weighted by molar-refractivity contribution is 5.71. The summed E-state index contributed by atoms with van der Waals surface area (Å²) in [6, 6.07) is 8.51. The summed E-state index contributed by atoms with van der Waals surface area (Å²) in [6.45, 7) is 0.734. The van der Waals surface area contributed by atoms with Crippen LogP contribution in [0.25, 0.3) is 11.3 Å². The summed E-state index contributed by atoms with van der Waals surface area (Å²) in [5, 5.41) is 0. The minimum Gasteiger partial charge on any atom is -0.334 e. The molecule has 4 nitrogen and oxygen atoms in total. The lowest BCUT2D eigenvalue weighted by molar-refractivity contribution is -0.873. The van der Waals surface area contributed by atoms with Crippen molar-refractivity contribution in [2.24, 2.45) is 0 Å². The number of H-pyrrole nitrogens is 1. The van der Waals surface area contributed by atoms with Gasteiger partial charge in [-0.25, -0.2) is 4.98 Å². The van der Waals surface area contributed by atoms with Gasteiger partial charge in [0, 0.05) is 11.0 Å². The van der Waals surface area contributed by atoms with E-state index in [4.69, 9.17) is 4.98 Å². The van der Waals surface area contributed by atoms with Crippen LogP contribution >= 0.6 is 0 Å². The summed E-state index contributed by atoms with van der Waals surface area (Å²) in [4.78, 5) is 22.3. The Kier molecular flexibility index (Phi) is 3.80. The molecule has 1 aromatic carbocycles. The van der Waals surface area contributed by atoms with Gasteiger partial charge < -0.3 is 9.88 Å². The van der Waals surface area contributed by atoms with Crippen LogP contribution < -0.4 is 10.5 Å². The summed E-state index contributed by atoms with van der Waals surface area (Å²) < 4.78 is 0. The van der Waals surface area contributed by atoms with Crippen LogP contribution in [0.15, 0.2) is 29.1 Å². The number of hydrogen-bond donors (Lipinski definition) is 2. The second kappa shape index (κ2) is 5.85. The van der Waals surface area contributed by atoms with Gasteiger partial charge >= 0.3 is 0 Å². The first-order valence-electron chi connectivity index (χ1n) is 9.10. The zero-order valence-corrected chi connectivity index (χ0v) is 14.6. The topological polar surface area (TPSA) is 50.2 Å². The normalized spacial score (nSPS) is 18.5. The second-order valence-corrected chi connectivity index (χ2v) is 7.80. The molecule has 126 valence electrons. The standard InChI is InChI=1S/C20H25N3O/c1-23(2)13-16-21-18-15-9-5-4-8-14(15)12-20(10-6-3-7-11-20)17(18)19(24)22-16/h4-5,8-9H,3,6-7,10-13H2,1-2H3,(H,21,22,24)/p+1. The number of aromatic amines is 1. The molecule has 0 radical (unpaired) electrons. The van der Waals surface area contributed by atoms with Gasteiger partial charge in [-0.1, -0.05) is 43.5 Å². The number of quaternary nitrogens is 1. The van der Waals surface area contributed by atoms with Gasteiger partial charge in [0.05, 0.1) is 25.4 Å². The fourth-order valence-corrected chi connectivity index (χ4v) is 4.64. The molecule has 4 heteroatoms. The van der Waals surface area contributed by atoms with Gasteiger partial charge in [0.1, 0.15) is 6.54 Å². The number of nitrogens with one attached hydrogen (secondary N) is 2. The number of fused-ring (bicyclic) bond motifs is 4. The van der Waals surface area contributed by atoms with Gasteiger partial charge in [0.25, 0.3) is 5.56 Å². The molecular formula is C20H26N3O+. The Hall–Kier alpha value is -1.94. The third-order valence-corrected chi connectivity index (χ3v) is 5.63.